The Labute approximate surface area is 369 Å². The number of carbonyl (C=O) groups is 3. The van der Waals surface area contributed by atoms with Crippen LogP contribution in [-0.2, 0) is 57.3 Å². The molecule has 0 bridgehead atoms. The van der Waals surface area contributed by atoms with Gasteiger partial charge in [0, 0.05) is 60.6 Å². The Kier molecular flexibility index (Phi) is 12.4. The fourth-order valence-electron chi connectivity index (χ4n) is 8.40. The van der Waals surface area contributed by atoms with Crippen molar-refractivity contribution < 1.29 is 62.9 Å². The van der Waals surface area contributed by atoms with Crippen molar-refractivity contribution in [2.24, 2.45) is 5.11 Å². The minimum Gasteiger partial charge on any atom is -0.464 e. The number of aliphatic hydroxyl groups is 4. The average molecular weight is 898 g/mol. The summed E-state index contributed by atoms with van der Waals surface area (Å²) < 4.78 is 35.7. The number of hydrogen-bond donors (Lipinski definition) is 4. The number of esters is 1. The van der Waals surface area contributed by atoms with Crippen molar-refractivity contribution in [2.45, 2.75) is 89.6 Å². The lowest BCUT2D eigenvalue weighted by Crippen LogP contribution is -2.51. The maximum atomic E-state index is 13.7. The minimum absolute atomic E-state index is 0.0306. The number of likely N-dealkylation sites (N-methyl/N-ethyl adjacent to an activating group) is 2. The van der Waals surface area contributed by atoms with Crippen LogP contribution in [0.25, 0.3) is 43.7 Å². The Morgan fingerprint density at radius 3 is 2.54 bits per heavy atom. The number of carbonyl (C=O) groups excluding carboxylic acids is 3. The van der Waals surface area contributed by atoms with Crippen molar-refractivity contribution in [1.29, 1.82) is 0 Å². The number of hydrogen-bond acceptors (Lipinski definition) is 16. The highest BCUT2D eigenvalue weighted by Gasteiger charge is 2.45. The molecular formula is C44H47N7O14. The number of benzene rings is 2. The molecule has 0 spiro atoms. The molecule has 21 heteroatoms. The van der Waals surface area contributed by atoms with Gasteiger partial charge < -0.3 is 62.9 Å². The fraction of sp³-hybridized carbons (Fsp3) is 0.432. The molecule has 1 fully saturated rings. The molecule has 5 atom stereocenters. The Morgan fingerprint density at radius 1 is 1.05 bits per heavy atom. The lowest BCUT2D eigenvalue weighted by molar-refractivity contribution is -0.229. The van der Waals surface area contributed by atoms with E-state index in [0.29, 0.717) is 40.0 Å². The first-order valence-electron chi connectivity index (χ1n) is 21.0. The van der Waals surface area contributed by atoms with Crippen LogP contribution in [0.3, 0.4) is 0 Å². The van der Waals surface area contributed by atoms with E-state index in [1.807, 2.05) is 6.92 Å². The van der Waals surface area contributed by atoms with Crippen LogP contribution in [0.4, 0.5) is 9.59 Å². The maximum Gasteiger partial charge on any atom is 0.415 e. The van der Waals surface area contributed by atoms with Crippen LogP contribution in [0.15, 0.2) is 56.8 Å². The zero-order valence-corrected chi connectivity index (χ0v) is 35.9. The van der Waals surface area contributed by atoms with E-state index in [1.165, 1.54) is 23.9 Å². The molecule has 1 saturated heterocycles. The fourth-order valence-corrected chi connectivity index (χ4v) is 8.40. The number of pyridine rings is 2. The summed E-state index contributed by atoms with van der Waals surface area (Å²) in [4.78, 5) is 63.0. The molecule has 4 N–H and O–H groups in total. The van der Waals surface area contributed by atoms with Gasteiger partial charge in [-0.05, 0) is 66.4 Å². The molecule has 5 aromatic rings. The molecule has 3 aromatic heterocycles. The van der Waals surface area contributed by atoms with E-state index in [-0.39, 0.29) is 86.0 Å². The van der Waals surface area contributed by atoms with E-state index in [0.717, 1.165) is 16.5 Å². The second-order valence-electron chi connectivity index (χ2n) is 16.1. The molecule has 342 valence electrons. The summed E-state index contributed by atoms with van der Waals surface area (Å²) in [5.41, 5.74) is 11.1. The monoisotopic (exact) mass is 897 g/mol. The van der Waals surface area contributed by atoms with Crippen LogP contribution in [0.2, 0.25) is 0 Å². The lowest BCUT2D eigenvalue weighted by Gasteiger charge is -2.36. The average Bonchev–Trinajstić information content (AvgIpc) is 3.91. The first kappa shape index (κ1) is 44.9. The topological polar surface area (TPSA) is 282 Å². The third-order valence-corrected chi connectivity index (χ3v) is 12.1. The molecule has 3 aliphatic heterocycles. The van der Waals surface area contributed by atoms with E-state index in [2.05, 4.69) is 10.0 Å². The van der Waals surface area contributed by atoms with Gasteiger partial charge in [-0.15, -0.1) is 0 Å². The summed E-state index contributed by atoms with van der Waals surface area (Å²) in [5.74, 6) is 0.0199. The number of rotatable bonds is 13. The van der Waals surface area contributed by atoms with Gasteiger partial charge in [0.2, 0.25) is 6.29 Å². The number of ether oxygens (including phenoxy) is 5. The van der Waals surface area contributed by atoms with Crippen molar-refractivity contribution in [3.05, 3.63) is 96.8 Å². The van der Waals surface area contributed by atoms with Crippen LogP contribution in [-0.4, -0.2) is 116 Å². The summed E-state index contributed by atoms with van der Waals surface area (Å²) in [6.07, 6.45) is -5.44. The zero-order valence-electron chi connectivity index (χ0n) is 35.9. The maximum absolute atomic E-state index is 13.7. The number of aromatic nitrogens is 2. The van der Waals surface area contributed by atoms with Gasteiger partial charge >= 0.3 is 18.2 Å². The summed E-state index contributed by atoms with van der Waals surface area (Å²) in [6.45, 7) is 2.88. The van der Waals surface area contributed by atoms with Gasteiger partial charge in [0.25, 0.3) is 5.56 Å². The van der Waals surface area contributed by atoms with E-state index < -0.39 is 55.0 Å². The number of aliphatic hydroxyl groups excluding tert-OH is 3. The number of fused-ring (bicyclic) bond motifs is 6. The van der Waals surface area contributed by atoms with E-state index in [4.69, 9.17) is 38.6 Å². The molecular weight excluding hydrogens is 851 g/mol. The third kappa shape index (κ3) is 8.29. The van der Waals surface area contributed by atoms with Gasteiger partial charge in [-0.3, -0.25) is 4.79 Å². The van der Waals surface area contributed by atoms with Crippen molar-refractivity contribution in [2.75, 3.05) is 33.8 Å². The second kappa shape index (κ2) is 18.0. The van der Waals surface area contributed by atoms with Gasteiger partial charge in [-0.2, -0.15) is 0 Å². The number of nitrogens with zero attached hydrogens (tertiary/aromatic N) is 7. The first-order chi connectivity index (χ1) is 31.2. The van der Waals surface area contributed by atoms with E-state index >= 15 is 0 Å². The Bertz CT molecular complexity index is 2820. The van der Waals surface area contributed by atoms with Gasteiger partial charge in [-0.25, -0.2) is 19.4 Å². The summed E-state index contributed by atoms with van der Waals surface area (Å²) in [7, 11) is 3.03. The van der Waals surface area contributed by atoms with Crippen molar-refractivity contribution >= 4 is 40.0 Å². The largest absolute Gasteiger partial charge is 0.464 e. The van der Waals surface area contributed by atoms with Crippen molar-refractivity contribution in [1.82, 2.24) is 19.4 Å². The predicted molar refractivity (Wildman–Crippen MR) is 227 cm³/mol. The van der Waals surface area contributed by atoms with Crippen LogP contribution in [0.5, 0.6) is 11.5 Å². The van der Waals surface area contributed by atoms with Crippen molar-refractivity contribution in [3.63, 3.8) is 0 Å². The molecule has 2 amide bonds. The molecule has 65 heavy (non-hydrogen) atoms. The van der Waals surface area contributed by atoms with Crippen LogP contribution < -0.4 is 15.0 Å². The standard InChI is InChI=1S/C44H47N7O14/c1-5-25-26-13-23(8-9-31(26)47-37-28(25)18-51-32(37)15-30-29(40(51)55)21-60-41(56)44(30,59)6-2)63-43(58)50(4)12-11-49(3)42(57)61-20-22-7-10-34(27-14-24(17-46-48-45)62-39(22)27)64-36-16-33(53)38(54)35(19-52)65-36/h7-10,13-15,33,35-36,38,52-54,59H,5-6,11-12,16-21H2,1-4H3/t33-,35-,36-,38-,44-/m1/s1. The molecule has 21 nitrogen and oxygen atoms in total. The smallest absolute Gasteiger partial charge is 0.415 e. The summed E-state index contributed by atoms with van der Waals surface area (Å²) in [6, 6.07) is 11.5. The number of azide groups is 1. The third-order valence-electron chi connectivity index (χ3n) is 12.1. The quantitative estimate of drug-likeness (QED) is 0.0549. The number of cyclic esters (lactones) is 1. The number of amides is 2. The highest BCUT2D eigenvalue weighted by atomic mass is 16.7. The van der Waals surface area contributed by atoms with Gasteiger partial charge in [0.15, 0.2) is 5.60 Å². The Hall–Kier alpha value is -6.74. The van der Waals surface area contributed by atoms with Crippen molar-refractivity contribution in [3.8, 4) is 22.9 Å². The Morgan fingerprint density at radius 2 is 1.82 bits per heavy atom. The summed E-state index contributed by atoms with van der Waals surface area (Å²) in [5, 5.41) is 45.9. The number of furan rings is 1. The Balaban J connectivity index is 0.907. The molecule has 0 unspecified atom stereocenters. The SMILES string of the molecule is CCc1c2c(nc3ccc(OC(=O)N(C)CCN(C)C(=O)OCc4ccc(O[C@H]5C[C@@H](O)[C@@H](O)[C@@H](CO)O5)c5cc(CN=[N+]=[N-])oc45)cc13)-c1cc3c(c(=O)n1C2)COC(=O)[C@@]3(O)CC. The van der Waals surface area contributed by atoms with E-state index in [1.54, 1.807) is 54.0 Å². The second-order valence-corrected chi connectivity index (χ2v) is 16.1. The van der Waals surface area contributed by atoms with Gasteiger partial charge in [0.05, 0.1) is 53.7 Å². The molecule has 2 aromatic carbocycles. The van der Waals surface area contributed by atoms with Crippen LogP contribution in [0.1, 0.15) is 60.3 Å². The molecule has 8 rings (SSSR count). The number of aryl methyl sites for hydroxylation is 1. The van der Waals surface area contributed by atoms with Gasteiger partial charge in [-0.1, -0.05) is 19.0 Å². The normalized spacial score (nSPS) is 20.9. The first-order valence-corrected chi connectivity index (χ1v) is 21.0. The predicted octanol–water partition coefficient (Wildman–Crippen LogP) is 4.11. The zero-order chi connectivity index (χ0) is 46.3. The highest BCUT2D eigenvalue weighted by Crippen LogP contribution is 2.41. The summed E-state index contributed by atoms with van der Waals surface area (Å²) >= 11 is 0. The lowest BCUT2D eigenvalue weighted by atomic mass is 9.86. The molecule has 0 radical (unpaired) electrons. The van der Waals surface area contributed by atoms with Gasteiger partial charge in [0.1, 0.15) is 48.3 Å². The van der Waals surface area contributed by atoms with E-state index in [9.17, 15) is 39.6 Å². The molecule has 0 aliphatic carbocycles. The molecule has 6 heterocycles. The molecule has 0 saturated carbocycles. The van der Waals surface area contributed by atoms with Crippen LogP contribution in [0, 0.1) is 0 Å². The highest BCUT2D eigenvalue weighted by molar-refractivity contribution is 5.91. The minimum atomic E-state index is -1.94. The molecule has 3 aliphatic rings. The van der Waals surface area contributed by atoms with Crippen LogP contribution >= 0.6 is 0 Å².